The molecule has 0 aliphatic heterocycles. The number of rotatable bonds is 1. The third kappa shape index (κ3) is 2.10. The molecule has 0 fully saturated rings. The van der Waals surface area contributed by atoms with Crippen molar-refractivity contribution < 1.29 is 0 Å². The van der Waals surface area contributed by atoms with Crippen molar-refractivity contribution in [1.82, 2.24) is 19.9 Å². The van der Waals surface area contributed by atoms with E-state index in [9.17, 15) is 4.79 Å². The molecule has 0 radical (unpaired) electrons. The summed E-state index contributed by atoms with van der Waals surface area (Å²) in [6.45, 7) is 3.86. The van der Waals surface area contributed by atoms with Gasteiger partial charge >= 0.3 is 0 Å². The van der Waals surface area contributed by atoms with Crippen LogP contribution in [0.3, 0.4) is 0 Å². The highest BCUT2D eigenvalue weighted by Crippen LogP contribution is 2.17. The zero-order valence-corrected chi connectivity index (χ0v) is 10.6. The lowest BCUT2D eigenvalue weighted by atomic mass is 10.2. The average molecular weight is 252 g/mol. The van der Waals surface area contributed by atoms with Crippen molar-refractivity contribution in [3.63, 3.8) is 0 Å². The Hall–Kier alpha value is -2.56. The second kappa shape index (κ2) is 4.28. The van der Waals surface area contributed by atoms with Crippen molar-refractivity contribution in [2.75, 3.05) is 0 Å². The Labute approximate surface area is 109 Å². The molecule has 0 spiro atoms. The van der Waals surface area contributed by atoms with Crippen LogP contribution >= 0.6 is 0 Å². The summed E-state index contributed by atoms with van der Waals surface area (Å²) in [7, 11) is 0. The van der Waals surface area contributed by atoms with Gasteiger partial charge in [-0.25, -0.2) is 9.97 Å². The first kappa shape index (κ1) is 11.5. The second-order valence-corrected chi connectivity index (χ2v) is 4.44. The summed E-state index contributed by atoms with van der Waals surface area (Å²) in [4.78, 5) is 27.6. The molecule has 0 aromatic carbocycles. The van der Waals surface area contributed by atoms with Gasteiger partial charge in [0.2, 0.25) is 0 Å². The Kier molecular flexibility index (Phi) is 2.59. The van der Waals surface area contributed by atoms with Crippen LogP contribution in [-0.4, -0.2) is 19.9 Å². The summed E-state index contributed by atoms with van der Waals surface area (Å²) in [5.74, 6) is 0.586. The second-order valence-electron chi connectivity index (χ2n) is 4.44. The summed E-state index contributed by atoms with van der Waals surface area (Å²) in [5.41, 5.74) is 3.20. The SMILES string of the molecule is Cc1cc(-c2ncc3c(=O)cc[nH]c3n2)cc(C)n1. The van der Waals surface area contributed by atoms with Crippen LogP contribution < -0.4 is 5.43 Å². The minimum absolute atomic E-state index is 0.0811. The van der Waals surface area contributed by atoms with Gasteiger partial charge in [-0.2, -0.15) is 0 Å². The van der Waals surface area contributed by atoms with E-state index in [2.05, 4.69) is 19.9 Å². The molecule has 0 saturated carbocycles. The van der Waals surface area contributed by atoms with Crippen molar-refractivity contribution in [2.24, 2.45) is 0 Å². The van der Waals surface area contributed by atoms with Crippen molar-refractivity contribution in [3.8, 4) is 11.4 Å². The number of nitrogens with zero attached hydrogens (tertiary/aromatic N) is 3. The van der Waals surface area contributed by atoms with Crippen LogP contribution in [0.2, 0.25) is 0 Å². The molecular weight excluding hydrogens is 240 g/mol. The van der Waals surface area contributed by atoms with Crippen molar-refractivity contribution in [2.45, 2.75) is 13.8 Å². The Bertz CT molecular complexity index is 803. The van der Waals surface area contributed by atoms with Gasteiger partial charge in [-0.05, 0) is 26.0 Å². The summed E-state index contributed by atoms with van der Waals surface area (Å²) in [6, 6.07) is 5.32. The normalized spacial score (nSPS) is 10.8. The van der Waals surface area contributed by atoms with E-state index in [0.717, 1.165) is 17.0 Å². The van der Waals surface area contributed by atoms with Gasteiger partial charge in [-0.1, -0.05) is 0 Å². The van der Waals surface area contributed by atoms with E-state index in [0.29, 0.717) is 16.9 Å². The van der Waals surface area contributed by atoms with Crippen molar-refractivity contribution in [3.05, 3.63) is 52.2 Å². The molecule has 0 amide bonds. The van der Waals surface area contributed by atoms with E-state index in [4.69, 9.17) is 0 Å². The number of aromatic nitrogens is 4. The van der Waals surface area contributed by atoms with Gasteiger partial charge in [0.05, 0.1) is 5.39 Å². The standard InChI is InChI=1S/C14H12N4O/c1-8-5-10(6-9(2)17-8)13-16-7-11-12(19)3-4-15-14(11)18-13/h3-7H,1-2H3,(H,15,16,18,19). The number of nitrogens with one attached hydrogen (secondary N) is 1. The van der Waals surface area contributed by atoms with E-state index < -0.39 is 0 Å². The number of aromatic amines is 1. The first-order valence-corrected chi connectivity index (χ1v) is 5.93. The molecule has 3 aromatic rings. The fourth-order valence-corrected chi connectivity index (χ4v) is 2.06. The number of H-pyrrole nitrogens is 1. The van der Waals surface area contributed by atoms with Crippen molar-refractivity contribution >= 4 is 11.0 Å². The third-order valence-electron chi connectivity index (χ3n) is 2.85. The molecule has 3 aromatic heterocycles. The zero-order chi connectivity index (χ0) is 13.4. The fraction of sp³-hybridized carbons (Fsp3) is 0.143. The van der Waals surface area contributed by atoms with E-state index >= 15 is 0 Å². The summed E-state index contributed by atoms with van der Waals surface area (Å²) >= 11 is 0. The molecule has 0 aliphatic rings. The van der Waals surface area contributed by atoms with Gasteiger partial charge < -0.3 is 4.98 Å². The van der Waals surface area contributed by atoms with Crippen LogP contribution in [-0.2, 0) is 0 Å². The van der Waals surface area contributed by atoms with Crippen LogP contribution in [0.5, 0.6) is 0 Å². The predicted octanol–water partition coefficient (Wildman–Crippen LogP) is 2.00. The Morgan fingerprint density at radius 3 is 2.58 bits per heavy atom. The maximum Gasteiger partial charge on any atom is 0.192 e. The summed E-state index contributed by atoms with van der Waals surface area (Å²) in [6.07, 6.45) is 3.14. The molecule has 94 valence electrons. The number of hydrogen-bond donors (Lipinski definition) is 1. The van der Waals surface area contributed by atoms with E-state index in [1.165, 1.54) is 6.07 Å². The molecule has 19 heavy (non-hydrogen) atoms. The fourth-order valence-electron chi connectivity index (χ4n) is 2.06. The Morgan fingerprint density at radius 1 is 1.11 bits per heavy atom. The molecule has 0 saturated heterocycles. The molecule has 0 atom stereocenters. The van der Waals surface area contributed by atoms with Crippen LogP contribution in [0.1, 0.15) is 11.4 Å². The highest BCUT2D eigenvalue weighted by Gasteiger charge is 2.06. The summed E-state index contributed by atoms with van der Waals surface area (Å²) < 4.78 is 0. The lowest BCUT2D eigenvalue weighted by molar-refractivity contribution is 1.11. The van der Waals surface area contributed by atoms with E-state index in [1.54, 1.807) is 12.4 Å². The van der Waals surface area contributed by atoms with Gasteiger partial charge in [-0.3, -0.25) is 9.78 Å². The van der Waals surface area contributed by atoms with E-state index in [-0.39, 0.29) is 5.43 Å². The van der Waals surface area contributed by atoms with Crippen LogP contribution in [0.4, 0.5) is 0 Å². The van der Waals surface area contributed by atoms with Gasteiger partial charge in [0, 0.05) is 35.4 Å². The van der Waals surface area contributed by atoms with Crippen LogP contribution in [0.25, 0.3) is 22.4 Å². The minimum Gasteiger partial charge on any atom is -0.346 e. The van der Waals surface area contributed by atoms with Crippen LogP contribution in [0.15, 0.2) is 35.4 Å². The molecule has 1 N–H and O–H groups in total. The number of hydrogen-bond acceptors (Lipinski definition) is 4. The number of fused-ring (bicyclic) bond motifs is 1. The smallest absolute Gasteiger partial charge is 0.192 e. The van der Waals surface area contributed by atoms with Crippen molar-refractivity contribution in [1.29, 1.82) is 0 Å². The number of aryl methyl sites for hydroxylation is 2. The lowest BCUT2D eigenvalue weighted by Crippen LogP contribution is -2.03. The molecular formula is C14H12N4O. The molecule has 5 nitrogen and oxygen atoms in total. The summed E-state index contributed by atoms with van der Waals surface area (Å²) in [5, 5.41) is 0.494. The van der Waals surface area contributed by atoms with Gasteiger partial charge in [-0.15, -0.1) is 0 Å². The Balaban J connectivity index is 2.23. The van der Waals surface area contributed by atoms with Gasteiger partial charge in [0.25, 0.3) is 0 Å². The first-order chi connectivity index (χ1) is 9.13. The lowest BCUT2D eigenvalue weighted by Gasteiger charge is -2.04. The van der Waals surface area contributed by atoms with Gasteiger partial charge in [0.1, 0.15) is 5.65 Å². The first-order valence-electron chi connectivity index (χ1n) is 5.93. The topological polar surface area (TPSA) is 71.5 Å². The average Bonchev–Trinajstić information content (AvgIpc) is 2.37. The molecule has 0 aliphatic carbocycles. The molecule has 0 bridgehead atoms. The highest BCUT2D eigenvalue weighted by atomic mass is 16.1. The molecule has 0 unspecified atom stereocenters. The van der Waals surface area contributed by atoms with Crippen LogP contribution in [0, 0.1) is 13.8 Å². The monoisotopic (exact) mass is 252 g/mol. The minimum atomic E-state index is -0.0811. The molecule has 5 heteroatoms. The largest absolute Gasteiger partial charge is 0.346 e. The maximum atomic E-state index is 11.6. The molecule has 3 rings (SSSR count). The quantitative estimate of drug-likeness (QED) is 0.719. The van der Waals surface area contributed by atoms with E-state index in [1.807, 2.05) is 26.0 Å². The Morgan fingerprint density at radius 2 is 1.84 bits per heavy atom. The van der Waals surface area contributed by atoms with Gasteiger partial charge in [0.15, 0.2) is 11.3 Å². The highest BCUT2D eigenvalue weighted by molar-refractivity contribution is 5.75. The zero-order valence-electron chi connectivity index (χ0n) is 10.6. The predicted molar refractivity (Wildman–Crippen MR) is 72.9 cm³/mol. The number of pyridine rings is 2. The third-order valence-corrected chi connectivity index (χ3v) is 2.85. The maximum absolute atomic E-state index is 11.6. The molecule has 3 heterocycles.